The predicted molar refractivity (Wildman–Crippen MR) is 63.6 cm³/mol. The molecule has 0 N–H and O–H groups in total. The van der Waals surface area contributed by atoms with E-state index in [-0.39, 0.29) is 11.9 Å². The minimum atomic E-state index is -0.950. The van der Waals surface area contributed by atoms with Crippen molar-refractivity contribution in [3.8, 4) is 0 Å². The van der Waals surface area contributed by atoms with E-state index in [1.807, 2.05) is 39.8 Å². The van der Waals surface area contributed by atoms with Crippen LogP contribution in [0.2, 0.25) is 0 Å². The van der Waals surface area contributed by atoms with Crippen molar-refractivity contribution >= 4 is 17.5 Å². The molecule has 0 spiro atoms. The molecule has 1 aliphatic rings. The van der Waals surface area contributed by atoms with Gasteiger partial charge in [-0.25, -0.2) is 9.79 Å². The third-order valence-corrected chi connectivity index (χ3v) is 2.95. The number of amidine groups is 1. The summed E-state index contributed by atoms with van der Waals surface area (Å²) in [6.45, 7) is 7.52. The van der Waals surface area contributed by atoms with Gasteiger partial charge in [-0.05, 0) is 19.8 Å². The minimum absolute atomic E-state index is 0.0150. The van der Waals surface area contributed by atoms with Crippen LogP contribution in [0.4, 0.5) is 0 Å². The van der Waals surface area contributed by atoms with Gasteiger partial charge < -0.3 is 9.74 Å². The van der Waals surface area contributed by atoms with Crippen LogP contribution < -0.4 is 0 Å². The van der Waals surface area contributed by atoms with Crippen molar-refractivity contribution in [1.29, 1.82) is 0 Å². The molecule has 16 heavy (non-hydrogen) atoms. The van der Waals surface area contributed by atoms with Crippen LogP contribution >= 0.6 is 0 Å². The van der Waals surface area contributed by atoms with Gasteiger partial charge in [-0.2, -0.15) is 0 Å². The van der Waals surface area contributed by atoms with Crippen LogP contribution in [-0.4, -0.2) is 42.1 Å². The van der Waals surface area contributed by atoms with Gasteiger partial charge in [-0.3, -0.25) is 0 Å². The number of oxime groups is 1. The van der Waals surface area contributed by atoms with Crippen molar-refractivity contribution in [2.45, 2.75) is 33.2 Å². The third-order valence-electron chi connectivity index (χ3n) is 2.95. The molecule has 0 aromatic carbocycles. The maximum Gasteiger partial charge on any atom is 0.368 e. The highest BCUT2D eigenvalue weighted by molar-refractivity contribution is 6.14. The van der Waals surface area contributed by atoms with Crippen LogP contribution in [0.3, 0.4) is 0 Å². The highest BCUT2D eigenvalue weighted by atomic mass is 16.7. The Labute approximate surface area is 96.2 Å². The topological polar surface area (TPSA) is 54.3 Å². The molecule has 1 heterocycles. The summed E-state index contributed by atoms with van der Waals surface area (Å²) in [5.74, 6) is 0.407. The number of hydrogen-bond donors (Lipinski definition) is 0. The smallest absolute Gasteiger partial charge is 0.367 e. The van der Waals surface area contributed by atoms with E-state index in [1.54, 1.807) is 6.92 Å². The molecule has 5 heteroatoms. The summed E-state index contributed by atoms with van der Waals surface area (Å²) in [5.41, 5.74) is -0.331. The van der Waals surface area contributed by atoms with Crippen molar-refractivity contribution in [2.24, 2.45) is 16.1 Å². The second-order valence-electron chi connectivity index (χ2n) is 4.53. The van der Waals surface area contributed by atoms with Crippen molar-refractivity contribution in [3.05, 3.63) is 0 Å². The number of hydrogen-bond acceptors (Lipinski definition) is 4. The predicted octanol–water partition coefficient (Wildman–Crippen LogP) is 1.29. The lowest BCUT2D eigenvalue weighted by Crippen LogP contribution is -2.46. The van der Waals surface area contributed by atoms with E-state index >= 15 is 0 Å². The zero-order valence-corrected chi connectivity index (χ0v) is 10.7. The molecule has 0 aromatic heterocycles. The first-order valence-electron chi connectivity index (χ1n) is 5.32. The normalized spacial score (nSPS) is 25.8. The lowest BCUT2D eigenvalue weighted by atomic mass is 9.83. The second-order valence-corrected chi connectivity index (χ2v) is 4.53. The first-order valence-corrected chi connectivity index (χ1v) is 5.32. The first kappa shape index (κ1) is 12.7. The molecule has 0 aliphatic carbocycles. The fourth-order valence-electron chi connectivity index (χ4n) is 1.66. The standard InChI is InChI=1S/C11H19N3O2/c1-7(2)11(12-9(4)14(5)6)8(3)13-16-10(11)15/h7H,1-6H3. The molecule has 0 bridgehead atoms. The Kier molecular flexibility index (Phi) is 3.35. The van der Waals surface area contributed by atoms with Gasteiger partial charge in [0.05, 0.1) is 11.5 Å². The Balaban J connectivity index is 3.23. The number of nitrogens with zero attached hydrogens (tertiary/aromatic N) is 3. The number of carbonyl (C=O) groups is 1. The van der Waals surface area contributed by atoms with Gasteiger partial charge in [-0.1, -0.05) is 19.0 Å². The van der Waals surface area contributed by atoms with E-state index in [2.05, 4.69) is 10.1 Å². The Bertz CT molecular complexity index is 358. The van der Waals surface area contributed by atoms with Gasteiger partial charge in [0.2, 0.25) is 5.54 Å². The quantitative estimate of drug-likeness (QED) is 0.404. The SMILES string of the molecule is CC(=NC1(C(C)C)C(=O)ON=C1C)N(C)C. The molecule has 0 radical (unpaired) electrons. The molecule has 0 saturated carbocycles. The number of aliphatic imine (C=N–C) groups is 1. The van der Waals surface area contributed by atoms with Crippen LogP contribution in [0.15, 0.2) is 10.1 Å². The summed E-state index contributed by atoms with van der Waals surface area (Å²) >= 11 is 0. The Hall–Kier alpha value is -1.39. The second kappa shape index (κ2) is 4.23. The zero-order valence-electron chi connectivity index (χ0n) is 10.7. The molecule has 0 amide bonds. The summed E-state index contributed by atoms with van der Waals surface area (Å²) in [6, 6.07) is 0. The first-order chi connectivity index (χ1) is 7.32. The average molecular weight is 225 g/mol. The molecular weight excluding hydrogens is 206 g/mol. The van der Waals surface area contributed by atoms with Gasteiger partial charge in [-0.15, -0.1) is 0 Å². The van der Waals surface area contributed by atoms with E-state index in [4.69, 9.17) is 4.84 Å². The highest BCUT2D eigenvalue weighted by Crippen LogP contribution is 2.30. The van der Waals surface area contributed by atoms with Crippen molar-refractivity contribution in [1.82, 2.24) is 4.90 Å². The van der Waals surface area contributed by atoms with Crippen LogP contribution in [0.5, 0.6) is 0 Å². The molecule has 1 aliphatic heterocycles. The van der Waals surface area contributed by atoms with Gasteiger partial charge in [0, 0.05) is 14.1 Å². The monoisotopic (exact) mass is 225 g/mol. The summed E-state index contributed by atoms with van der Waals surface area (Å²) in [7, 11) is 3.78. The molecule has 90 valence electrons. The Morgan fingerprint density at radius 2 is 2.06 bits per heavy atom. The van der Waals surface area contributed by atoms with E-state index < -0.39 is 5.54 Å². The minimum Gasteiger partial charge on any atom is -0.367 e. The van der Waals surface area contributed by atoms with Crippen LogP contribution in [0, 0.1) is 5.92 Å². The number of rotatable bonds is 2. The van der Waals surface area contributed by atoms with Gasteiger partial charge >= 0.3 is 5.97 Å². The summed E-state index contributed by atoms with van der Waals surface area (Å²) in [5, 5.41) is 3.75. The molecule has 0 aromatic rings. The molecular formula is C11H19N3O2. The molecule has 0 fully saturated rings. The summed E-state index contributed by atoms with van der Waals surface area (Å²) < 4.78 is 0. The van der Waals surface area contributed by atoms with E-state index in [1.165, 1.54) is 0 Å². The number of carbonyl (C=O) groups excluding carboxylic acids is 1. The Morgan fingerprint density at radius 1 is 1.50 bits per heavy atom. The fraction of sp³-hybridized carbons (Fsp3) is 0.727. The molecule has 5 nitrogen and oxygen atoms in total. The van der Waals surface area contributed by atoms with Crippen molar-refractivity contribution < 1.29 is 9.63 Å². The van der Waals surface area contributed by atoms with E-state index in [9.17, 15) is 4.79 Å². The van der Waals surface area contributed by atoms with Crippen LogP contribution in [0.25, 0.3) is 0 Å². The molecule has 1 atom stereocenters. The molecule has 1 rings (SSSR count). The fourth-order valence-corrected chi connectivity index (χ4v) is 1.66. The highest BCUT2D eigenvalue weighted by Gasteiger charge is 2.51. The average Bonchev–Trinajstić information content (AvgIpc) is 2.46. The largest absolute Gasteiger partial charge is 0.368 e. The van der Waals surface area contributed by atoms with Crippen molar-refractivity contribution in [3.63, 3.8) is 0 Å². The van der Waals surface area contributed by atoms with Crippen molar-refractivity contribution in [2.75, 3.05) is 14.1 Å². The van der Waals surface area contributed by atoms with Gasteiger partial charge in [0.15, 0.2) is 0 Å². The Morgan fingerprint density at radius 3 is 2.38 bits per heavy atom. The maximum atomic E-state index is 11.8. The van der Waals surface area contributed by atoms with E-state index in [0.29, 0.717) is 5.71 Å². The lowest BCUT2D eigenvalue weighted by Gasteiger charge is -2.27. The van der Waals surface area contributed by atoms with Crippen LogP contribution in [-0.2, 0) is 9.63 Å². The summed E-state index contributed by atoms with van der Waals surface area (Å²) in [4.78, 5) is 23.0. The maximum absolute atomic E-state index is 11.8. The zero-order chi connectivity index (χ0) is 12.5. The lowest BCUT2D eigenvalue weighted by molar-refractivity contribution is -0.145. The van der Waals surface area contributed by atoms with Crippen LogP contribution in [0.1, 0.15) is 27.7 Å². The van der Waals surface area contributed by atoms with E-state index in [0.717, 1.165) is 5.84 Å². The molecule has 1 unspecified atom stereocenters. The third kappa shape index (κ3) is 1.81. The van der Waals surface area contributed by atoms with Gasteiger partial charge in [0.25, 0.3) is 0 Å². The molecule has 0 saturated heterocycles. The summed E-state index contributed by atoms with van der Waals surface area (Å²) in [6.07, 6.45) is 0. The van der Waals surface area contributed by atoms with Gasteiger partial charge in [0.1, 0.15) is 0 Å².